The van der Waals surface area contributed by atoms with E-state index in [0.717, 1.165) is 5.56 Å². The summed E-state index contributed by atoms with van der Waals surface area (Å²) in [5, 5.41) is 5.16. The molecule has 0 saturated heterocycles. The number of hydrogen-bond donors (Lipinski definition) is 0. The summed E-state index contributed by atoms with van der Waals surface area (Å²) in [5.74, 6) is -0.497. The summed E-state index contributed by atoms with van der Waals surface area (Å²) in [6.45, 7) is 2.14. The van der Waals surface area contributed by atoms with Crippen molar-refractivity contribution in [2.75, 3.05) is 0 Å². The Bertz CT molecular complexity index is 670. The highest BCUT2D eigenvalue weighted by Gasteiger charge is 2.17. The first-order valence-corrected chi connectivity index (χ1v) is 7.48. The van der Waals surface area contributed by atoms with E-state index in [9.17, 15) is 4.79 Å². The molecule has 0 N–H and O–H groups in total. The molecular weight excluding hydrogens is 358 g/mol. The molecule has 0 fully saturated rings. The topological polar surface area (TPSA) is 44.1 Å². The summed E-state index contributed by atoms with van der Waals surface area (Å²) < 4.78 is 6.61. The number of alkyl halides is 2. The highest BCUT2D eigenvalue weighted by Crippen LogP contribution is 2.24. The summed E-state index contributed by atoms with van der Waals surface area (Å²) in [6.07, 6.45) is 0. The van der Waals surface area contributed by atoms with Crippen molar-refractivity contribution in [1.29, 1.82) is 0 Å². The van der Waals surface area contributed by atoms with Gasteiger partial charge in [-0.3, -0.25) is 0 Å². The second-order valence-corrected chi connectivity index (χ2v) is 6.16. The Labute approximate surface area is 141 Å². The summed E-state index contributed by atoms with van der Waals surface area (Å²) >= 11 is 22.8. The second kappa shape index (κ2) is 6.88. The number of carbonyl (C=O) groups is 1. The fraction of sp³-hybridized carbons (Fsp3) is 0.231. The van der Waals surface area contributed by atoms with Crippen molar-refractivity contribution in [2.45, 2.75) is 18.3 Å². The van der Waals surface area contributed by atoms with E-state index in [1.54, 1.807) is 25.1 Å². The highest BCUT2D eigenvalue weighted by atomic mass is 35.5. The van der Waals surface area contributed by atoms with Crippen LogP contribution in [-0.2, 0) is 11.3 Å². The molecule has 2 rings (SSSR count). The van der Waals surface area contributed by atoms with E-state index in [-0.39, 0.29) is 5.88 Å². The van der Waals surface area contributed by atoms with E-state index < -0.39 is 10.8 Å². The molecule has 0 atom stereocenters. The Morgan fingerprint density at radius 2 is 2.00 bits per heavy atom. The smallest absolute Gasteiger partial charge is 0.346 e. The first-order valence-electron chi connectivity index (χ1n) is 5.85. The van der Waals surface area contributed by atoms with E-state index in [1.165, 1.54) is 4.68 Å². The second-order valence-electron chi connectivity index (χ2n) is 4.25. The zero-order chi connectivity index (χ0) is 15.6. The number of aryl methyl sites for hydroxylation is 1. The zero-order valence-electron chi connectivity index (χ0n) is 10.8. The van der Waals surface area contributed by atoms with Crippen LogP contribution in [0.4, 0.5) is 0 Å². The van der Waals surface area contributed by atoms with Crippen LogP contribution in [0.15, 0.2) is 24.3 Å². The van der Waals surface area contributed by atoms with Gasteiger partial charge < -0.3 is 4.74 Å². The van der Waals surface area contributed by atoms with Crippen molar-refractivity contribution in [3.8, 4) is 5.88 Å². The van der Waals surface area contributed by atoms with Crippen molar-refractivity contribution >= 4 is 52.4 Å². The number of benzene rings is 1. The van der Waals surface area contributed by atoms with Crippen molar-refractivity contribution in [3.63, 3.8) is 0 Å². The van der Waals surface area contributed by atoms with Crippen LogP contribution in [0.1, 0.15) is 11.3 Å². The minimum atomic E-state index is -1.25. The van der Waals surface area contributed by atoms with Gasteiger partial charge in [-0.25, -0.2) is 9.48 Å². The third-order valence-electron chi connectivity index (χ3n) is 2.56. The lowest BCUT2D eigenvalue weighted by molar-refractivity contribution is -0.132. The number of ether oxygens (including phenoxy) is 1. The molecule has 2 aromatic rings. The molecule has 0 aliphatic rings. The van der Waals surface area contributed by atoms with Crippen LogP contribution in [0.2, 0.25) is 10.0 Å². The third-order valence-corrected chi connectivity index (χ3v) is 3.66. The van der Waals surface area contributed by atoms with Crippen LogP contribution in [-0.4, -0.2) is 20.6 Å². The number of rotatable bonds is 4. The molecule has 1 heterocycles. The molecule has 4 nitrogen and oxygen atoms in total. The van der Waals surface area contributed by atoms with Crippen LogP contribution in [0, 0.1) is 6.92 Å². The zero-order valence-corrected chi connectivity index (χ0v) is 13.8. The molecule has 1 aromatic carbocycles. The lowest BCUT2D eigenvalue weighted by atomic mass is 10.2. The largest absolute Gasteiger partial charge is 0.406 e. The number of nitrogens with zero attached hydrogens (tertiary/aromatic N) is 2. The fourth-order valence-corrected chi connectivity index (χ4v) is 2.09. The number of esters is 1. The Balaban J connectivity index is 2.23. The first-order chi connectivity index (χ1) is 9.86. The third kappa shape index (κ3) is 4.27. The van der Waals surface area contributed by atoms with Gasteiger partial charge in [-0.05, 0) is 24.6 Å². The molecule has 0 radical (unpaired) electrons. The molecular formula is C13H10Cl4N2O2. The summed E-state index contributed by atoms with van der Waals surface area (Å²) in [7, 11) is 0. The van der Waals surface area contributed by atoms with Gasteiger partial charge in [0.15, 0.2) is 0 Å². The fourth-order valence-electron chi connectivity index (χ4n) is 1.68. The molecule has 1 aromatic heterocycles. The monoisotopic (exact) mass is 366 g/mol. The van der Waals surface area contributed by atoms with Crippen molar-refractivity contribution in [2.24, 2.45) is 0 Å². The molecule has 0 amide bonds. The van der Waals surface area contributed by atoms with Gasteiger partial charge in [0.05, 0.1) is 22.3 Å². The number of hydrogen-bond acceptors (Lipinski definition) is 3. The quantitative estimate of drug-likeness (QED) is 0.599. The van der Waals surface area contributed by atoms with Gasteiger partial charge in [0.2, 0.25) is 10.7 Å². The Hall–Kier alpha value is -0.940. The minimum Gasteiger partial charge on any atom is -0.406 e. The van der Waals surface area contributed by atoms with E-state index in [0.29, 0.717) is 22.3 Å². The molecule has 0 unspecified atom stereocenters. The van der Waals surface area contributed by atoms with E-state index in [2.05, 4.69) is 5.10 Å². The van der Waals surface area contributed by atoms with E-state index in [1.807, 2.05) is 6.07 Å². The van der Waals surface area contributed by atoms with Crippen LogP contribution in [0.5, 0.6) is 5.88 Å². The molecule has 8 heteroatoms. The average molecular weight is 368 g/mol. The SMILES string of the molecule is Cc1cc(OC(=O)C(Cl)Cl)n(Cc2ccc(Cl)c(Cl)c2)n1. The van der Waals surface area contributed by atoms with Gasteiger partial charge in [0.25, 0.3) is 0 Å². The van der Waals surface area contributed by atoms with Crippen molar-refractivity contribution in [1.82, 2.24) is 9.78 Å². The lowest BCUT2D eigenvalue weighted by Gasteiger charge is -2.09. The standard InChI is InChI=1S/C13H10Cl4N2O2/c1-7-4-11(21-13(20)12(16)17)19(18-7)6-8-2-3-9(14)10(15)5-8/h2-5,12H,6H2,1H3. The Kier molecular flexibility index (Phi) is 5.38. The number of carbonyl (C=O) groups excluding carboxylic acids is 1. The molecule has 0 aliphatic heterocycles. The van der Waals surface area contributed by atoms with Crippen LogP contribution in [0.3, 0.4) is 0 Å². The molecule has 21 heavy (non-hydrogen) atoms. The maximum absolute atomic E-state index is 11.5. The maximum Gasteiger partial charge on any atom is 0.346 e. The predicted octanol–water partition coefficient (Wildman–Crippen LogP) is 4.26. The molecule has 0 bridgehead atoms. The lowest BCUT2D eigenvalue weighted by Crippen LogP contribution is -2.18. The van der Waals surface area contributed by atoms with Crippen LogP contribution in [0.25, 0.3) is 0 Å². The summed E-state index contributed by atoms with van der Waals surface area (Å²) in [4.78, 5) is 10.2. The Morgan fingerprint density at radius 3 is 2.62 bits per heavy atom. The van der Waals surface area contributed by atoms with Gasteiger partial charge in [-0.2, -0.15) is 5.10 Å². The first kappa shape index (κ1) is 16.4. The summed E-state index contributed by atoms with van der Waals surface area (Å²) in [6, 6.07) is 6.83. The van der Waals surface area contributed by atoms with Gasteiger partial charge in [-0.1, -0.05) is 52.5 Å². The minimum absolute atomic E-state index is 0.259. The van der Waals surface area contributed by atoms with Crippen LogP contribution < -0.4 is 4.74 Å². The average Bonchev–Trinajstić information content (AvgIpc) is 2.73. The van der Waals surface area contributed by atoms with Crippen molar-refractivity contribution in [3.05, 3.63) is 45.6 Å². The molecule has 0 spiro atoms. The van der Waals surface area contributed by atoms with Gasteiger partial charge >= 0.3 is 5.97 Å². The molecule has 112 valence electrons. The highest BCUT2D eigenvalue weighted by molar-refractivity contribution is 6.53. The van der Waals surface area contributed by atoms with E-state index >= 15 is 0 Å². The number of aromatic nitrogens is 2. The van der Waals surface area contributed by atoms with Gasteiger partial charge in [0, 0.05) is 6.07 Å². The van der Waals surface area contributed by atoms with E-state index in [4.69, 9.17) is 51.1 Å². The normalized spacial score (nSPS) is 11.0. The number of halogens is 4. The maximum atomic E-state index is 11.5. The molecule has 0 saturated carbocycles. The predicted molar refractivity (Wildman–Crippen MR) is 83.7 cm³/mol. The van der Waals surface area contributed by atoms with Gasteiger partial charge in [-0.15, -0.1) is 0 Å². The van der Waals surface area contributed by atoms with Crippen molar-refractivity contribution < 1.29 is 9.53 Å². The Morgan fingerprint density at radius 1 is 1.29 bits per heavy atom. The summed E-state index contributed by atoms with van der Waals surface area (Å²) in [5.41, 5.74) is 1.55. The molecule has 0 aliphatic carbocycles. The van der Waals surface area contributed by atoms with Crippen LogP contribution >= 0.6 is 46.4 Å². The van der Waals surface area contributed by atoms with Gasteiger partial charge in [0.1, 0.15) is 0 Å².